The van der Waals surface area contributed by atoms with E-state index >= 15 is 0 Å². The van der Waals surface area contributed by atoms with E-state index in [0.717, 1.165) is 23.1 Å². The van der Waals surface area contributed by atoms with E-state index in [-0.39, 0.29) is 0 Å². The van der Waals surface area contributed by atoms with Crippen molar-refractivity contribution in [3.8, 4) is 5.88 Å². The van der Waals surface area contributed by atoms with E-state index in [1.54, 1.807) is 0 Å². The Bertz CT molecular complexity index is 468. The number of rotatable bonds is 3. The van der Waals surface area contributed by atoms with Gasteiger partial charge in [-0.05, 0) is 31.5 Å². The lowest BCUT2D eigenvalue weighted by Gasteiger charge is -2.04. The highest BCUT2D eigenvalue weighted by Crippen LogP contribution is 2.15. The number of aryl methyl sites for hydroxylation is 1. The van der Waals surface area contributed by atoms with Crippen molar-refractivity contribution in [2.45, 2.75) is 20.3 Å². The smallest absolute Gasteiger partial charge is 0.215 e. The summed E-state index contributed by atoms with van der Waals surface area (Å²) in [6.45, 7) is 4.73. The van der Waals surface area contributed by atoms with E-state index in [2.05, 4.69) is 16.9 Å². The molecule has 0 N–H and O–H groups in total. The summed E-state index contributed by atoms with van der Waals surface area (Å²) in [5, 5.41) is 1.05. The minimum Gasteiger partial charge on any atom is -0.478 e. The minimum atomic E-state index is 0.655. The molecule has 0 aliphatic heterocycles. The molecule has 78 valence electrons. The Morgan fingerprint density at radius 2 is 1.93 bits per heavy atom. The van der Waals surface area contributed by atoms with Crippen molar-refractivity contribution < 1.29 is 4.74 Å². The summed E-state index contributed by atoms with van der Waals surface area (Å²) in [5.74, 6) is 0.655. The molecule has 15 heavy (non-hydrogen) atoms. The highest BCUT2D eigenvalue weighted by Gasteiger charge is 2.00. The van der Waals surface area contributed by atoms with Crippen LogP contribution in [0.5, 0.6) is 5.88 Å². The third-order valence-electron chi connectivity index (χ3n) is 2.12. The van der Waals surface area contributed by atoms with Crippen molar-refractivity contribution >= 4 is 11.0 Å². The molecule has 2 heterocycles. The number of nitrogens with zero attached hydrogens (tertiary/aromatic N) is 2. The maximum Gasteiger partial charge on any atom is 0.215 e. The van der Waals surface area contributed by atoms with Gasteiger partial charge in [-0.2, -0.15) is 4.98 Å². The number of hydrogen-bond donors (Lipinski definition) is 0. The van der Waals surface area contributed by atoms with Gasteiger partial charge in [0.05, 0.1) is 6.61 Å². The molecule has 2 rings (SSSR count). The first-order valence-corrected chi connectivity index (χ1v) is 5.17. The fraction of sp³-hybridized carbons (Fsp3) is 0.333. The zero-order valence-corrected chi connectivity index (χ0v) is 9.03. The van der Waals surface area contributed by atoms with Crippen molar-refractivity contribution in [1.82, 2.24) is 9.97 Å². The molecular weight excluding hydrogens is 188 g/mol. The van der Waals surface area contributed by atoms with Gasteiger partial charge in [0.25, 0.3) is 0 Å². The zero-order chi connectivity index (χ0) is 10.7. The molecule has 3 nitrogen and oxygen atoms in total. The van der Waals surface area contributed by atoms with Crippen LogP contribution in [0.1, 0.15) is 19.0 Å². The highest BCUT2D eigenvalue weighted by atomic mass is 16.5. The molecule has 0 amide bonds. The van der Waals surface area contributed by atoms with Gasteiger partial charge < -0.3 is 4.74 Å². The molecule has 0 bridgehead atoms. The first kappa shape index (κ1) is 9.90. The van der Waals surface area contributed by atoms with Gasteiger partial charge in [0.2, 0.25) is 5.88 Å². The second-order valence-electron chi connectivity index (χ2n) is 3.50. The predicted molar refractivity (Wildman–Crippen MR) is 60.1 cm³/mol. The van der Waals surface area contributed by atoms with Crippen molar-refractivity contribution in [2.75, 3.05) is 6.61 Å². The summed E-state index contributed by atoms with van der Waals surface area (Å²) >= 11 is 0. The van der Waals surface area contributed by atoms with Gasteiger partial charge in [0, 0.05) is 17.1 Å². The van der Waals surface area contributed by atoms with Gasteiger partial charge in [-0.1, -0.05) is 6.92 Å². The summed E-state index contributed by atoms with van der Waals surface area (Å²) in [5.41, 5.74) is 1.73. The van der Waals surface area contributed by atoms with E-state index in [0.29, 0.717) is 12.5 Å². The van der Waals surface area contributed by atoms with Gasteiger partial charge in [0.15, 0.2) is 5.65 Å². The summed E-state index contributed by atoms with van der Waals surface area (Å²) in [6, 6.07) is 7.87. The van der Waals surface area contributed by atoms with Gasteiger partial charge >= 0.3 is 0 Å². The fourth-order valence-electron chi connectivity index (χ4n) is 1.36. The van der Waals surface area contributed by atoms with Crippen molar-refractivity contribution in [1.29, 1.82) is 0 Å². The Hall–Kier alpha value is -1.64. The Kier molecular flexibility index (Phi) is 2.81. The van der Waals surface area contributed by atoms with Crippen LogP contribution in [0, 0.1) is 6.92 Å². The summed E-state index contributed by atoms with van der Waals surface area (Å²) in [4.78, 5) is 8.69. The Morgan fingerprint density at radius 3 is 2.73 bits per heavy atom. The van der Waals surface area contributed by atoms with Crippen LogP contribution >= 0.6 is 0 Å². The summed E-state index contributed by atoms with van der Waals surface area (Å²) in [7, 11) is 0. The van der Waals surface area contributed by atoms with Crippen LogP contribution in [-0.4, -0.2) is 16.6 Å². The van der Waals surface area contributed by atoms with Gasteiger partial charge in [0.1, 0.15) is 0 Å². The number of fused-ring (bicyclic) bond motifs is 1. The third kappa shape index (κ3) is 2.24. The molecule has 0 atom stereocenters. The van der Waals surface area contributed by atoms with Crippen LogP contribution in [0.25, 0.3) is 11.0 Å². The molecule has 3 heteroatoms. The molecule has 2 aromatic rings. The lowest BCUT2D eigenvalue weighted by molar-refractivity contribution is 0.306. The van der Waals surface area contributed by atoms with Crippen LogP contribution in [0.3, 0.4) is 0 Å². The summed E-state index contributed by atoms with van der Waals surface area (Å²) < 4.78 is 5.45. The van der Waals surface area contributed by atoms with E-state index in [4.69, 9.17) is 4.74 Å². The fourth-order valence-corrected chi connectivity index (χ4v) is 1.36. The predicted octanol–water partition coefficient (Wildman–Crippen LogP) is 2.73. The number of pyridine rings is 2. The molecule has 0 aliphatic carbocycles. The lowest BCUT2D eigenvalue weighted by atomic mass is 10.2. The molecule has 0 spiro atoms. The minimum absolute atomic E-state index is 0.655. The van der Waals surface area contributed by atoms with Gasteiger partial charge in [-0.25, -0.2) is 4.98 Å². The number of aromatic nitrogens is 2. The largest absolute Gasteiger partial charge is 0.478 e. The Morgan fingerprint density at radius 1 is 1.13 bits per heavy atom. The standard InChI is InChI=1S/C12H14N2O/c1-3-8-15-11-7-6-10-5-4-9(2)13-12(10)14-11/h4-7H,3,8H2,1-2H3. The second-order valence-corrected chi connectivity index (χ2v) is 3.50. The van der Waals surface area contributed by atoms with Crippen LogP contribution in [-0.2, 0) is 0 Å². The van der Waals surface area contributed by atoms with Crippen molar-refractivity contribution in [3.63, 3.8) is 0 Å². The molecule has 2 aromatic heterocycles. The lowest BCUT2D eigenvalue weighted by Crippen LogP contribution is -1.98. The average Bonchev–Trinajstić information content (AvgIpc) is 2.25. The quantitative estimate of drug-likeness (QED) is 0.767. The Labute approximate surface area is 89.1 Å². The molecule has 0 radical (unpaired) electrons. The highest BCUT2D eigenvalue weighted by molar-refractivity contribution is 5.75. The first-order valence-electron chi connectivity index (χ1n) is 5.17. The first-order chi connectivity index (χ1) is 7.29. The SMILES string of the molecule is CCCOc1ccc2ccc(C)nc2n1. The van der Waals surface area contributed by atoms with E-state index < -0.39 is 0 Å². The van der Waals surface area contributed by atoms with Crippen LogP contribution in [0.15, 0.2) is 24.3 Å². The monoisotopic (exact) mass is 202 g/mol. The third-order valence-corrected chi connectivity index (χ3v) is 2.12. The van der Waals surface area contributed by atoms with Gasteiger partial charge in [-0.15, -0.1) is 0 Å². The van der Waals surface area contributed by atoms with Crippen LogP contribution < -0.4 is 4.74 Å². The van der Waals surface area contributed by atoms with E-state index in [1.165, 1.54) is 0 Å². The van der Waals surface area contributed by atoms with Crippen LogP contribution in [0.4, 0.5) is 0 Å². The molecule has 0 fully saturated rings. The molecular formula is C12H14N2O. The topological polar surface area (TPSA) is 35.0 Å². The number of hydrogen-bond acceptors (Lipinski definition) is 3. The molecule has 0 aromatic carbocycles. The summed E-state index contributed by atoms with van der Waals surface area (Å²) in [6.07, 6.45) is 0.987. The number of ether oxygens (including phenoxy) is 1. The van der Waals surface area contributed by atoms with Crippen molar-refractivity contribution in [2.24, 2.45) is 0 Å². The second kappa shape index (κ2) is 4.26. The van der Waals surface area contributed by atoms with Crippen LogP contribution in [0.2, 0.25) is 0 Å². The Balaban J connectivity index is 2.36. The molecule has 0 unspecified atom stereocenters. The maximum absolute atomic E-state index is 5.45. The van der Waals surface area contributed by atoms with E-state index in [9.17, 15) is 0 Å². The molecule has 0 saturated carbocycles. The van der Waals surface area contributed by atoms with E-state index in [1.807, 2.05) is 31.2 Å². The molecule has 0 saturated heterocycles. The zero-order valence-electron chi connectivity index (χ0n) is 9.03. The van der Waals surface area contributed by atoms with Gasteiger partial charge in [-0.3, -0.25) is 0 Å². The maximum atomic E-state index is 5.45. The normalized spacial score (nSPS) is 10.5. The van der Waals surface area contributed by atoms with Crippen molar-refractivity contribution in [3.05, 3.63) is 30.0 Å². The average molecular weight is 202 g/mol. The molecule has 0 aliphatic rings.